The number of hydrogen-bond donors (Lipinski definition) is 3. The van der Waals surface area contributed by atoms with Crippen molar-refractivity contribution < 1.29 is 31.1 Å². The summed E-state index contributed by atoms with van der Waals surface area (Å²) in [5, 5.41) is 17.1. The first-order valence-corrected chi connectivity index (χ1v) is 10.6. The number of amides is 2. The maximum absolute atomic E-state index is 13.1. The molecule has 2 aromatic heterocycles. The van der Waals surface area contributed by atoms with Gasteiger partial charge in [-0.2, -0.15) is 31.4 Å². The van der Waals surface area contributed by atoms with Crippen LogP contribution >= 0.6 is 0 Å². The van der Waals surface area contributed by atoms with Gasteiger partial charge in [-0.15, -0.1) is 10.2 Å². The van der Waals surface area contributed by atoms with Crippen molar-refractivity contribution in [2.75, 3.05) is 42.9 Å². The van der Waals surface area contributed by atoms with Gasteiger partial charge < -0.3 is 20.4 Å². The van der Waals surface area contributed by atoms with Crippen LogP contribution in [0, 0.1) is 0 Å². The molecule has 1 saturated heterocycles. The first-order valence-electron chi connectivity index (χ1n) is 10.6. The van der Waals surface area contributed by atoms with Crippen molar-refractivity contribution in [1.82, 2.24) is 30.6 Å². The molecule has 0 saturated carbocycles. The van der Waals surface area contributed by atoms with Gasteiger partial charge >= 0.3 is 18.4 Å². The second-order valence-corrected chi connectivity index (χ2v) is 7.78. The molecule has 0 aromatic carbocycles. The minimum absolute atomic E-state index is 0.0925. The van der Waals surface area contributed by atoms with E-state index < -0.39 is 40.9 Å². The molecule has 1 atom stereocenters. The molecule has 1 aliphatic heterocycles. The molecule has 0 radical (unpaired) electrons. The summed E-state index contributed by atoms with van der Waals surface area (Å²) in [6.45, 7) is 2.93. The summed E-state index contributed by atoms with van der Waals surface area (Å²) < 4.78 is 77.1. The van der Waals surface area contributed by atoms with Crippen molar-refractivity contribution in [2.45, 2.75) is 25.3 Å². The molecule has 1 fully saturated rings. The minimum Gasteiger partial charge on any atom is -0.377 e. The molecule has 0 spiro atoms. The highest BCUT2D eigenvalue weighted by Gasteiger charge is 2.37. The summed E-state index contributed by atoms with van der Waals surface area (Å²) in [6, 6.07) is 1.08. The highest BCUT2D eigenvalue weighted by molar-refractivity contribution is 5.74. The zero-order chi connectivity index (χ0) is 26.5. The van der Waals surface area contributed by atoms with Gasteiger partial charge in [0.2, 0.25) is 0 Å². The Labute approximate surface area is 200 Å². The Morgan fingerprint density at radius 1 is 1.11 bits per heavy atom. The smallest absolute Gasteiger partial charge is 0.377 e. The number of anilines is 2. The number of H-pyrrole nitrogens is 1. The van der Waals surface area contributed by atoms with Crippen LogP contribution in [-0.4, -0.2) is 70.1 Å². The lowest BCUT2D eigenvalue weighted by atomic mass is 10.2. The molecule has 1 unspecified atom stereocenters. The number of carbonyl (C=O) groups is 1. The molecule has 2 aromatic rings. The Morgan fingerprint density at radius 2 is 1.81 bits per heavy atom. The topological polar surface area (TPSA) is 119 Å². The number of hydrogen-bond acceptors (Lipinski definition) is 7. The van der Waals surface area contributed by atoms with Crippen LogP contribution in [0.15, 0.2) is 35.3 Å². The van der Waals surface area contributed by atoms with Crippen LogP contribution in [0.1, 0.15) is 18.2 Å². The van der Waals surface area contributed by atoms with E-state index in [1.165, 1.54) is 23.1 Å². The van der Waals surface area contributed by atoms with Gasteiger partial charge in [-0.25, -0.2) is 9.89 Å². The van der Waals surface area contributed by atoms with Crippen LogP contribution in [0.2, 0.25) is 0 Å². The van der Waals surface area contributed by atoms with E-state index in [1.54, 1.807) is 16.9 Å². The fourth-order valence-corrected chi connectivity index (χ4v) is 3.40. The van der Waals surface area contributed by atoms with E-state index >= 15 is 0 Å². The van der Waals surface area contributed by atoms with Gasteiger partial charge in [-0.1, -0.05) is 12.2 Å². The third-order valence-electron chi connectivity index (χ3n) is 5.15. The minimum atomic E-state index is -4.86. The van der Waals surface area contributed by atoms with Crippen LogP contribution in [0.4, 0.5) is 42.6 Å². The predicted molar refractivity (Wildman–Crippen MR) is 116 cm³/mol. The van der Waals surface area contributed by atoms with Gasteiger partial charge in [0.05, 0.1) is 11.9 Å². The molecule has 1 aliphatic rings. The van der Waals surface area contributed by atoms with Gasteiger partial charge in [0.15, 0.2) is 11.5 Å². The molecule has 36 heavy (non-hydrogen) atoms. The Kier molecular flexibility index (Phi) is 8.04. The molecule has 3 heterocycles. The summed E-state index contributed by atoms with van der Waals surface area (Å²) in [5.74, 6) is 0.275. The van der Waals surface area contributed by atoms with Crippen molar-refractivity contribution in [1.29, 1.82) is 0 Å². The highest BCUT2D eigenvalue weighted by Crippen LogP contribution is 2.31. The molecular formula is C20H22F6N8O2. The molecule has 2 amide bonds. The van der Waals surface area contributed by atoms with Crippen molar-refractivity contribution >= 4 is 17.5 Å². The van der Waals surface area contributed by atoms with Gasteiger partial charge in [-0.05, 0) is 19.1 Å². The van der Waals surface area contributed by atoms with Crippen molar-refractivity contribution in [3.05, 3.63) is 52.1 Å². The maximum atomic E-state index is 13.1. The number of carbonyl (C=O) groups excluding carboxylic acids is 1. The zero-order valence-electron chi connectivity index (χ0n) is 18.8. The van der Waals surface area contributed by atoms with Crippen LogP contribution in [0.25, 0.3) is 0 Å². The highest BCUT2D eigenvalue weighted by atomic mass is 19.4. The number of aromatic amines is 1. The van der Waals surface area contributed by atoms with E-state index in [-0.39, 0.29) is 18.4 Å². The molecule has 10 nitrogen and oxygen atoms in total. The van der Waals surface area contributed by atoms with E-state index in [0.717, 1.165) is 12.3 Å². The lowest BCUT2D eigenvalue weighted by Crippen LogP contribution is -2.52. The number of urea groups is 1. The number of nitrogens with one attached hydrogen (secondary N) is 3. The Bertz CT molecular complexity index is 1120. The first-order chi connectivity index (χ1) is 16.9. The largest absolute Gasteiger partial charge is 0.435 e. The maximum Gasteiger partial charge on any atom is 0.435 e. The number of nitrogens with zero attached hydrogens (tertiary/aromatic N) is 5. The fraction of sp³-hybridized carbons (Fsp3) is 0.450. The number of halogens is 6. The van der Waals surface area contributed by atoms with Crippen molar-refractivity contribution in [3.63, 3.8) is 0 Å². The average molecular weight is 520 g/mol. The van der Waals surface area contributed by atoms with Gasteiger partial charge in [0.1, 0.15) is 5.56 Å². The zero-order valence-corrected chi connectivity index (χ0v) is 18.8. The summed E-state index contributed by atoms with van der Waals surface area (Å²) in [4.78, 5) is 27.1. The average Bonchev–Trinajstić information content (AvgIpc) is 2.80. The fourth-order valence-electron chi connectivity index (χ4n) is 3.40. The Morgan fingerprint density at radius 3 is 2.39 bits per heavy atom. The molecule has 3 N–H and O–H groups in total. The molecule has 0 bridgehead atoms. The molecular weight excluding hydrogens is 498 g/mol. The summed E-state index contributed by atoms with van der Waals surface area (Å²) in [7, 11) is 0. The summed E-state index contributed by atoms with van der Waals surface area (Å²) in [5.41, 5.74) is -4.30. The normalized spacial score (nSPS) is 15.8. The van der Waals surface area contributed by atoms with Gasteiger partial charge in [-0.3, -0.25) is 4.79 Å². The third kappa shape index (κ3) is 6.85. The second-order valence-electron chi connectivity index (χ2n) is 7.78. The summed E-state index contributed by atoms with van der Waals surface area (Å²) in [6.07, 6.45) is -5.51. The number of alkyl halides is 6. The van der Waals surface area contributed by atoms with Crippen LogP contribution < -0.4 is 21.1 Å². The van der Waals surface area contributed by atoms with Crippen LogP contribution in [-0.2, 0) is 12.4 Å². The molecule has 0 aliphatic carbocycles. The lowest BCUT2D eigenvalue weighted by molar-refractivity contribution is -0.141. The van der Waals surface area contributed by atoms with E-state index in [9.17, 15) is 35.9 Å². The van der Waals surface area contributed by atoms with Crippen LogP contribution in [0.5, 0.6) is 0 Å². The van der Waals surface area contributed by atoms with Gasteiger partial charge in [0.25, 0.3) is 5.56 Å². The molecule has 16 heteroatoms. The second kappa shape index (κ2) is 10.8. The van der Waals surface area contributed by atoms with E-state index in [4.69, 9.17) is 0 Å². The van der Waals surface area contributed by atoms with Crippen molar-refractivity contribution in [3.8, 4) is 0 Å². The summed E-state index contributed by atoms with van der Waals surface area (Å²) >= 11 is 0. The number of aromatic nitrogens is 4. The van der Waals surface area contributed by atoms with E-state index in [2.05, 4.69) is 25.9 Å². The standard InChI is InChI=1S/C20H22F6N8O2/c1-12(29-13-11-28-32-17(35)16(13)20(24,25)26)3-2-6-27-18(36)34-9-7-33(8-10-34)15-5-4-14(30-31-15)19(21,22)23/h2-5,11-12H,6-10H2,1H3,(H,27,36)(H2,29,32,35)/b3-2+. The Hall–Kier alpha value is -3.85. The SMILES string of the molecule is CC(/C=C/CNC(=O)N1CCN(c2ccc(C(F)(F)F)nn2)CC1)Nc1cn[nH]c(=O)c1C(F)(F)F. The first kappa shape index (κ1) is 26.7. The molecule has 196 valence electrons. The van der Waals surface area contributed by atoms with Gasteiger partial charge in [0, 0.05) is 38.8 Å². The van der Waals surface area contributed by atoms with E-state index in [0.29, 0.717) is 26.2 Å². The van der Waals surface area contributed by atoms with Crippen LogP contribution in [0.3, 0.4) is 0 Å². The number of piperazine rings is 1. The lowest BCUT2D eigenvalue weighted by Gasteiger charge is -2.35. The quantitative estimate of drug-likeness (QED) is 0.396. The van der Waals surface area contributed by atoms with E-state index in [1.807, 2.05) is 0 Å². The van der Waals surface area contributed by atoms with Crippen molar-refractivity contribution in [2.24, 2.45) is 0 Å². The third-order valence-corrected chi connectivity index (χ3v) is 5.15. The number of rotatable bonds is 6. The predicted octanol–water partition coefficient (Wildman–Crippen LogP) is 2.49. The Balaban J connectivity index is 1.45. The monoisotopic (exact) mass is 520 g/mol. The molecule has 3 rings (SSSR count).